The highest BCUT2D eigenvalue weighted by atomic mass is 32.2. The molecule has 126 valence electrons. The van der Waals surface area contributed by atoms with Crippen LogP contribution in [0.1, 0.15) is 22.5 Å². The van der Waals surface area contributed by atoms with Gasteiger partial charge in [-0.25, -0.2) is 0 Å². The van der Waals surface area contributed by atoms with E-state index in [1.54, 1.807) is 6.20 Å². The summed E-state index contributed by atoms with van der Waals surface area (Å²) < 4.78 is 8.12. The summed E-state index contributed by atoms with van der Waals surface area (Å²) in [4.78, 5) is 18.6. The Kier molecular flexibility index (Phi) is 4.10. The number of carbonyl (C=O) groups excluding carboxylic acids is 1. The summed E-state index contributed by atoms with van der Waals surface area (Å²) in [6, 6.07) is 7.77. The summed E-state index contributed by atoms with van der Waals surface area (Å²) in [6.45, 7) is 2.27. The fourth-order valence-electron chi connectivity index (χ4n) is 3.47. The van der Waals surface area contributed by atoms with E-state index >= 15 is 0 Å². The lowest BCUT2D eigenvalue weighted by atomic mass is 9.92. The number of likely N-dealkylation sites (tertiary alicyclic amines) is 1. The summed E-state index contributed by atoms with van der Waals surface area (Å²) in [7, 11) is 1.91. The van der Waals surface area contributed by atoms with E-state index in [9.17, 15) is 4.79 Å². The first-order valence-electron chi connectivity index (χ1n) is 8.20. The Bertz CT molecular complexity index is 725. The standard InChI is InChI=1S/C18H21N3O2S/c1-20-7-3-5-16(20)17(22)21-12-18(13-21)8-15(11-24-18)23-10-14-4-2-6-19-9-14/h2-7,9,15H,8,10-13H2,1H3. The molecule has 6 heteroatoms. The SMILES string of the molecule is Cn1cccc1C(=O)N1CC2(CC(OCc3cccnc3)CS2)C1. The van der Waals surface area contributed by atoms with Gasteiger partial charge in [0.05, 0.1) is 17.5 Å². The Morgan fingerprint density at radius 1 is 1.42 bits per heavy atom. The monoisotopic (exact) mass is 343 g/mol. The van der Waals surface area contributed by atoms with E-state index in [2.05, 4.69) is 4.98 Å². The Labute approximate surface area is 146 Å². The lowest BCUT2D eigenvalue weighted by Crippen LogP contribution is -2.61. The highest BCUT2D eigenvalue weighted by molar-refractivity contribution is 8.01. The largest absolute Gasteiger partial charge is 0.373 e. The van der Waals surface area contributed by atoms with E-state index in [1.165, 1.54) is 0 Å². The molecule has 0 bridgehead atoms. The molecule has 2 aromatic rings. The van der Waals surface area contributed by atoms with Crippen molar-refractivity contribution in [3.05, 3.63) is 54.1 Å². The van der Waals surface area contributed by atoms with Gasteiger partial charge in [-0.1, -0.05) is 6.07 Å². The Morgan fingerprint density at radius 3 is 3.00 bits per heavy atom. The smallest absolute Gasteiger partial charge is 0.270 e. The fraction of sp³-hybridized carbons (Fsp3) is 0.444. The van der Waals surface area contributed by atoms with Gasteiger partial charge < -0.3 is 14.2 Å². The second-order valence-corrected chi connectivity index (χ2v) is 8.15. The first-order valence-corrected chi connectivity index (χ1v) is 9.19. The zero-order chi connectivity index (χ0) is 16.6. The lowest BCUT2D eigenvalue weighted by Gasteiger charge is -2.47. The van der Waals surface area contributed by atoms with Gasteiger partial charge in [-0.05, 0) is 30.2 Å². The topological polar surface area (TPSA) is 47.4 Å². The maximum absolute atomic E-state index is 12.5. The van der Waals surface area contributed by atoms with Crippen molar-refractivity contribution < 1.29 is 9.53 Å². The summed E-state index contributed by atoms with van der Waals surface area (Å²) in [5.74, 6) is 1.14. The average molecular weight is 343 g/mol. The maximum atomic E-state index is 12.5. The molecule has 1 unspecified atom stereocenters. The number of pyridine rings is 1. The molecular formula is C18H21N3O2S. The van der Waals surface area contributed by atoms with Gasteiger partial charge in [-0.2, -0.15) is 0 Å². The van der Waals surface area contributed by atoms with Gasteiger partial charge in [0.1, 0.15) is 5.69 Å². The number of aryl methyl sites for hydroxylation is 1. The van der Waals surface area contributed by atoms with Crippen LogP contribution in [0.4, 0.5) is 0 Å². The predicted molar refractivity (Wildman–Crippen MR) is 93.9 cm³/mol. The first kappa shape index (κ1) is 15.7. The molecule has 2 aliphatic heterocycles. The number of hydrogen-bond donors (Lipinski definition) is 0. The van der Waals surface area contributed by atoms with Crippen LogP contribution in [0.15, 0.2) is 42.9 Å². The number of ether oxygens (including phenoxy) is 1. The van der Waals surface area contributed by atoms with Gasteiger partial charge in [0.25, 0.3) is 5.91 Å². The average Bonchev–Trinajstić information content (AvgIpc) is 3.18. The van der Waals surface area contributed by atoms with Crippen LogP contribution in [0.5, 0.6) is 0 Å². The quantitative estimate of drug-likeness (QED) is 0.855. The lowest BCUT2D eigenvalue weighted by molar-refractivity contribution is 0.0251. The molecule has 5 nitrogen and oxygen atoms in total. The van der Waals surface area contributed by atoms with Crippen molar-refractivity contribution in [1.82, 2.24) is 14.5 Å². The number of amides is 1. The van der Waals surface area contributed by atoms with Crippen LogP contribution in [0, 0.1) is 0 Å². The van der Waals surface area contributed by atoms with Gasteiger partial charge in [0.15, 0.2) is 0 Å². The van der Waals surface area contributed by atoms with E-state index in [0.29, 0.717) is 6.61 Å². The van der Waals surface area contributed by atoms with Crippen LogP contribution in [-0.4, -0.2) is 50.1 Å². The molecule has 1 atom stereocenters. The van der Waals surface area contributed by atoms with E-state index in [0.717, 1.165) is 36.5 Å². The van der Waals surface area contributed by atoms with Gasteiger partial charge in [-0.3, -0.25) is 9.78 Å². The van der Waals surface area contributed by atoms with Crippen molar-refractivity contribution >= 4 is 17.7 Å². The first-order chi connectivity index (χ1) is 11.7. The third-order valence-corrected chi connectivity index (χ3v) is 6.37. The number of carbonyl (C=O) groups is 1. The van der Waals surface area contributed by atoms with E-state index in [4.69, 9.17) is 4.74 Å². The Morgan fingerprint density at radius 2 is 2.29 bits per heavy atom. The van der Waals surface area contributed by atoms with Crippen LogP contribution in [0.3, 0.4) is 0 Å². The van der Waals surface area contributed by atoms with Crippen LogP contribution in [0.2, 0.25) is 0 Å². The van der Waals surface area contributed by atoms with Gasteiger partial charge in [-0.15, -0.1) is 11.8 Å². The molecule has 0 N–H and O–H groups in total. The summed E-state index contributed by atoms with van der Waals surface area (Å²) in [5, 5.41) is 0. The van der Waals surface area contributed by atoms with E-state index < -0.39 is 0 Å². The number of hydrogen-bond acceptors (Lipinski definition) is 4. The second-order valence-electron chi connectivity index (χ2n) is 6.66. The summed E-state index contributed by atoms with van der Waals surface area (Å²) in [5.41, 5.74) is 1.87. The molecule has 0 saturated carbocycles. The second kappa shape index (κ2) is 6.26. The molecule has 0 radical (unpaired) electrons. The van der Waals surface area contributed by atoms with Gasteiger partial charge in [0, 0.05) is 44.5 Å². The van der Waals surface area contributed by atoms with Crippen LogP contribution >= 0.6 is 11.8 Å². The number of rotatable bonds is 4. The molecule has 1 amide bonds. The molecule has 0 aromatic carbocycles. The van der Waals surface area contributed by atoms with Crippen LogP contribution < -0.4 is 0 Å². The molecule has 24 heavy (non-hydrogen) atoms. The highest BCUT2D eigenvalue weighted by Crippen LogP contribution is 2.46. The van der Waals surface area contributed by atoms with Crippen molar-refractivity contribution in [2.45, 2.75) is 23.9 Å². The van der Waals surface area contributed by atoms with Crippen molar-refractivity contribution in [2.24, 2.45) is 7.05 Å². The molecule has 0 aliphatic carbocycles. The normalized spacial score (nSPS) is 21.9. The third kappa shape index (κ3) is 2.96. The Balaban J connectivity index is 1.29. The number of thioether (sulfide) groups is 1. The van der Waals surface area contributed by atoms with E-state index in [-0.39, 0.29) is 16.8 Å². The molecule has 4 rings (SSSR count). The number of aromatic nitrogens is 2. The number of nitrogens with zero attached hydrogens (tertiary/aromatic N) is 3. The van der Waals surface area contributed by atoms with Crippen molar-refractivity contribution in [3.8, 4) is 0 Å². The Hall–Kier alpha value is -1.79. The summed E-state index contributed by atoms with van der Waals surface area (Å²) >= 11 is 1.96. The minimum atomic E-state index is 0.133. The zero-order valence-corrected chi connectivity index (χ0v) is 14.5. The molecule has 1 spiro atoms. The van der Waals surface area contributed by atoms with Crippen LogP contribution in [-0.2, 0) is 18.4 Å². The predicted octanol–water partition coefficient (Wildman–Crippen LogP) is 2.34. The molecular weight excluding hydrogens is 322 g/mol. The fourth-order valence-corrected chi connectivity index (χ4v) is 5.02. The van der Waals surface area contributed by atoms with Gasteiger partial charge in [0.2, 0.25) is 0 Å². The van der Waals surface area contributed by atoms with Gasteiger partial charge >= 0.3 is 0 Å². The third-order valence-electron chi connectivity index (χ3n) is 4.79. The minimum Gasteiger partial charge on any atom is -0.373 e. The maximum Gasteiger partial charge on any atom is 0.270 e. The minimum absolute atomic E-state index is 0.133. The molecule has 2 fully saturated rings. The summed E-state index contributed by atoms with van der Waals surface area (Å²) in [6.07, 6.45) is 6.82. The molecule has 2 aromatic heterocycles. The zero-order valence-electron chi connectivity index (χ0n) is 13.7. The molecule has 4 heterocycles. The highest BCUT2D eigenvalue weighted by Gasteiger charge is 2.51. The van der Waals surface area contributed by atoms with Crippen molar-refractivity contribution in [3.63, 3.8) is 0 Å². The van der Waals surface area contributed by atoms with E-state index in [1.807, 2.05) is 64.9 Å². The molecule has 2 aliphatic rings. The van der Waals surface area contributed by atoms with Crippen LogP contribution in [0.25, 0.3) is 0 Å². The van der Waals surface area contributed by atoms with Crippen molar-refractivity contribution in [1.29, 1.82) is 0 Å². The molecule has 2 saturated heterocycles. The van der Waals surface area contributed by atoms with Crippen molar-refractivity contribution in [2.75, 3.05) is 18.8 Å².